The average Bonchev–Trinajstić information content (AvgIpc) is 2.70. The molecular formula is C21H30N3OS+. The second-order valence-electron chi connectivity index (χ2n) is 6.29. The van der Waals surface area contributed by atoms with E-state index in [0.29, 0.717) is 11.7 Å². The minimum atomic E-state index is 0.672. The first-order chi connectivity index (χ1) is 12.7. The lowest BCUT2D eigenvalue weighted by atomic mass is 10.1. The Balaban J connectivity index is 1.84. The number of thiocarbonyl (C=S) groups is 1. The highest BCUT2D eigenvalue weighted by Crippen LogP contribution is 2.11. The van der Waals surface area contributed by atoms with E-state index in [9.17, 15) is 0 Å². The summed E-state index contributed by atoms with van der Waals surface area (Å²) in [5.74, 6) is 0.862. The number of methoxy groups -OCH3 is 1. The molecule has 0 aliphatic rings. The molecule has 0 aliphatic heterocycles. The van der Waals surface area contributed by atoms with Crippen LogP contribution in [0, 0.1) is 0 Å². The van der Waals surface area contributed by atoms with E-state index in [1.165, 1.54) is 16.7 Å². The third-order valence-corrected chi connectivity index (χ3v) is 4.90. The van der Waals surface area contributed by atoms with E-state index in [1.54, 1.807) is 12.0 Å². The SMILES string of the molecule is CC[NH+](CC)Cc1ccccc1CNC(=S)NCc1ccc(OC)cc1. The maximum absolute atomic E-state index is 5.43. The monoisotopic (exact) mass is 372 g/mol. The molecule has 0 fully saturated rings. The van der Waals surface area contributed by atoms with Gasteiger partial charge >= 0.3 is 0 Å². The van der Waals surface area contributed by atoms with E-state index >= 15 is 0 Å². The number of hydrogen-bond donors (Lipinski definition) is 3. The Morgan fingerprint density at radius 2 is 1.54 bits per heavy atom. The lowest BCUT2D eigenvalue weighted by Crippen LogP contribution is -3.10. The summed E-state index contributed by atoms with van der Waals surface area (Å²) in [6.45, 7) is 9.24. The predicted molar refractivity (Wildman–Crippen MR) is 111 cm³/mol. The molecule has 2 aromatic rings. The maximum Gasteiger partial charge on any atom is 0.166 e. The van der Waals surface area contributed by atoms with Crippen LogP contribution in [0.25, 0.3) is 0 Å². The second-order valence-corrected chi connectivity index (χ2v) is 6.70. The summed E-state index contributed by atoms with van der Waals surface area (Å²) in [4.78, 5) is 1.58. The zero-order chi connectivity index (χ0) is 18.8. The summed E-state index contributed by atoms with van der Waals surface area (Å²) >= 11 is 5.43. The first-order valence-corrected chi connectivity index (χ1v) is 9.62. The third kappa shape index (κ3) is 6.32. The van der Waals surface area contributed by atoms with Crippen LogP contribution in [0.1, 0.15) is 30.5 Å². The Morgan fingerprint density at radius 3 is 2.15 bits per heavy atom. The van der Waals surface area contributed by atoms with E-state index in [2.05, 4.69) is 48.7 Å². The molecule has 3 N–H and O–H groups in total. The first kappa shape index (κ1) is 20.2. The van der Waals surface area contributed by atoms with Crippen molar-refractivity contribution in [1.82, 2.24) is 10.6 Å². The van der Waals surface area contributed by atoms with Gasteiger partial charge in [0.25, 0.3) is 0 Å². The van der Waals surface area contributed by atoms with Crippen molar-refractivity contribution in [2.24, 2.45) is 0 Å². The van der Waals surface area contributed by atoms with Crippen molar-refractivity contribution in [2.45, 2.75) is 33.5 Å². The third-order valence-electron chi connectivity index (χ3n) is 4.61. The maximum atomic E-state index is 5.43. The molecule has 0 unspecified atom stereocenters. The normalized spacial score (nSPS) is 10.6. The highest BCUT2D eigenvalue weighted by molar-refractivity contribution is 7.80. The molecule has 0 bridgehead atoms. The highest BCUT2D eigenvalue weighted by Gasteiger charge is 2.09. The molecule has 0 aliphatic carbocycles. The number of hydrogen-bond acceptors (Lipinski definition) is 2. The van der Waals surface area contributed by atoms with Gasteiger partial charge in [-0.25, -0.2) is 0 Å². The van der Waals surface area contributed by atoms with Crippen LogP contribution >= 0.6 is 12.2 Å². The molecule has 0 amide bonds. The molecule has 0 spiro atoms. The predicted octanol–water partition coefficient (Wildman–Crippen LogP) is 2.28. The smallest absolute Gasteiger partial charge is 0.166 e. The Bertz CT molecular complexity index is 684. The van der Waals surface area contributed by atoms with Crippen LogP contribution in [-0.2, 0) is 19.6 Å². The Morgan fingerprint density at radius 1 is 0.923 bits per heavy atom. The first-order valence-electron chi connectivity index (χ1n) is 9.21. The van der Waals surface area contributed by atoms with E-state index in [1.807, 2.05) is 24.3 Å². The number of quaternary nitrogens is 1. The van der Waals surface area contributed by atoms with Gasteiger partial charge in [0.05, 0.1) is 20.2 Å². The molecule has 140 valence electrons. The molecule has 0 saturated carbocycles. The zero-order valence-electron chi connectivity index (χ0n) is 16.0. The van der Waals surface area contributed by atoms with Gasteiger partial charge in [0, 0.05) is 18.7 Å². The van der Waals surface area contributed by atoms with Crippen LogP contribution in [0.4, 0.5) is 0 Å². The largest absolute Gasteiger partial charge is 0.497 e. The zero-order valence-corrected chi connectivity index (χ0v) is 16.8. The average molecular weight is 373 g/mol. The van der Waals surface area contributed by atoms with Crippen molar-refractivity contribution < 1.29 is 9.64 Å². The van der Waals surface area contributed by atoms with Gasteiger partial charge in [-0.15, -0.1) is 0 Å². The van der Waals surface area contributed by atoms with Gasteiger partial charge in [-0.3, -0.25) is 0 Å². The minimum Gasteiger partial charge on any atom is -0.497 e. The van der Waals surface area contributed by atoms with Gasteiger partial charge in [-0.05, 0) is 49.3 Å². The van der Waals surface area contributed by atoms with Crippen molar-refractivity contribution in [2.75, 3.05) is 20.2 Å². The molecule has 2 aromatic carbocycles. The minimum absolute atomic E-state index is 0.672. The number of rotatable bonds is 9. The van der Waals surface area contributed by atoms with Crippen molar-refractivity contribution in [3.05, 3.63) is 65.2 Å². The number of benzene rings is 2. The van der Waals surface area contributed by atoms with Gasteiger partial charge < -0.3 is 20.3 Å². The Labute approximate surface area is 162 Å². The van der Waals surface area contributed by atoms with Crippen molar-refractivity contribution in [1.29, 1.82) is 0 Å². The van der Waals surface area contributed by atoms with E-state index in [4.69, 9.17) is 17.0 Å². The van der Waals surface area contributed by atoms with Crippen LogP contribution in [0.3, 0.4) is 0 Å². The lowest BCUT2D eigenvalue weighted by Gasteiger charge is -2.18. The molecule has 5 heteroatoms. The van der Waals surface area contributed by atoms with E-state index < -0.39 is 0 Å². The molecule has 0 radical (unpaired) electrons. The molecular weight excluding hydrogens is 342 g/mol. The van der Waals surface area contributed by atoms with Crippen LogP contribution < -0.4 is 20.3 Å². The fourth-order valence-electron chi connectivity index (χ4n) is 2.84. The van der Waals surface area contributed by atoms with Crippen LogP contribution in [0.2, 0.25) is 0 Å². The standard InChI is InChI=1S/C21H29N3OS/c1-4-24(5-2)16-19-9-7-6-8-18(19)15-23-21(26)22-14-17-10-12-20(25-3)13-11-17/h6-13H,4-5,14-16H2,1-3H3,(H2,22,23,26)/p+1. The molecule has 0 atom stereocenters. The van der Waals surface area contributed by atoms with Gasteiger partial charge in [-0.1, -0.05) is 36.4 Å². The summed E-state index contributed by atoms with van der Waals surface area (Å²) in [5, 5.41) is 7.26. The van der Waals surface area contributed by atoms with Crippen LogP contribution in [-0.4, -0.2) is 25.3 Å². The van der Waals surface area contributed by atoms with Gasteiger partial charge in [0.15, 0.2) is 5.11 Å². The molecule has 4 nitrogen and oxygen atoms in total. The molecule has 0 heterocycles. The highest BCUT2D eigenvalue weighted by atomic mass is 32.1. The summed E-state index contributed by atoms with van der Waals surface area (Å²) in [7, 11) is 1.67. The molecule has 26 heavy (non-hydrogen) atoms. The molecule has 0 aromatic heterocycles. The van der Waals surface area contributed by atoms with Gasteiger partial charge in [-0.2, -0.15) is 0 Å². The fourth-order valence-corrected chi connectivity index (χ4v) is 2.98. The molecule has 2 rings (SSSR count). The lowest BCUT2D eigenvalue weighted by molar-refractivity contribution is -0.910. The number of ether oxygens (including phenoxy) is 1. The van der Waals surface area contributed by atoms with E-state index in [0.717, 1.165) is 31.9 Å². The van der Waals surface area contributed by atoms with Crippen molar-refractivity contribution in [3.63, 3.8) is 0 Å². The van der Waals surface area contributed by atoms with Gasteiger partial charge in [0.2, 0.25) is 0 Å². The van der Waals surface area contributed by atoms with E-state index in [-0.39, 0.29) is 0 Å². The van der Waals surface area contributed by atoms with Gasteiger partial charge in [0.1, 0.15) is 12.3 Å². The van der Waals surface area contributed by atoms with Crippen LogP contribution in [0.15, 0.2) is 48.5 Å². The number of nitrogens with one attached hydrogen (secondary N) is 3. The summed E-state index contributed by atoms with van der Waals surface area (Å²) in [6, 6.07) is 16.6. The van der Waals surface area contributed by atoms with Crippen LogP contribution in [0.5, 0.6) is 5.75 Å². The van der Waals surface area contributed by atoms with Crippen molar-refractivity contribution in [3.8, 4) is 5.75 Å². The quantitative estimate of drug-likeness (QED) is 0.591. The fraction of sp³-hybridized carbons (Fsp3) is 0.381. The Kier molecular flexibility index (Phi) is 8.38. The Hall–Kier alpha value is -2.11. The molecule has 0 saturated heterocycles. The van der Waals surface area contributed by atoms with Crippen molar-refractivity contribution >= 4 is 17.3 Å². The summed E-state index contributed by atoms with van der Waals surface area (Å²) in [6.07, 6.45) is 0. The summed E-state index contributed by atoms with van der Waals surface area (Å²) < 4.78 is 5.18. The topological polar surface area (TPSA) is 37.7 Å². The second kappa shape index (κ2) is 10.8. The summed E-state index contributed by atoms with van der Waals surface area (Å²) in [5.41, 5.74) is 3.86.